The number of anilines is 1. The van der Waals surface area contributed by atoms with E-state index in [9.17, 15) is 13.6 Å². The lowest BCUT2D eigenvalue weighted by Gasteiger charge is -2.17. The third-order valence-corrected chi connectivity index (χ3v) is 4.54. The Morgan fingerprint density at radius 1 is 1.13 bits per heavy atom. The molecule has 0 spiro atoms. The summed E-state index contributed by atoms with van der Waals surface area (Å²) in [5.74, 6) is -0.301. The van der Waals surface area contributed by atoms with Gasteiger partial charge in [0.2, 0.25) is 0 Å². The first-order valence-electron chi connectivity index (χ1n) is 9.53. The average Bonchev–Trinajstić information content (AvgIpc) is 3.39. The zero-order valence-electron chi connectivity index (χ0n) is 16.8. The molecule has 1 aliphatic rings. The smallest absolute Gasteiger partial charge is 0.257 e. The molecular formula is C21H22F2N6O. The summed E-state index contributed by atoms with van der Waals surface area (Å²) in [5, 5.41) is 15.9. The van der Waals surface area contributed by atoms with Crippen LogP contribution in [-0.2, 0) is 0 Å². The molecule has 0 bridgehead atoms. The Morgan fingerprint density at radius 2 is 1.73 bits per heavy atom. The summed E-state index contributed by atoms with van der Waals surface area (Å²) in [6.45, 7) is 5.28. The van der Waals surface area contributed by atoms with E-state index in [4.69, 9.17) is 5.26 Å². The summed E-state index contributed by atoms with van der Waals surface area (Å²) >= 11 is 0. The number of carbonyl (C=O) groups is 1. The van der Waals surface area contributed by atoms with Crippen molar-refractivity contribution in [2.45, 2.75) is 32.2 Å². The summed E-state index contributed by atoms with van der Waals surface area (Å²) in [4.78, 5) is 19.1. The summed E-state index contributed by atoms with van der Waals surface area (Å²) in [6.07, 6.45) is 5.62. The van der Waals surface area contributed by atoms with Crippen molar-refractivity contribution in [2.24, 2.45) is 0 Å². The highest BCUT2D eigenvalue weighted by atomic mass is 19.1. The summed E-state index contributed by atoms with van der Waals surface area (Å²) in [5.41, 5.74) is -0.0437. The van der Waals surface area contributed by atoms with Crippen molar-refractivity contribution < 1.29 is 13.6 Å². The van der Waals surface area contributed by atoms with Crippen LogP contribution in [0.1, 0.15) is 37.0 Å². The molecule has 1 amide bonds. The Labute approximate surface area is 172 Å². The molecule has 1 aliphatic heterocycles. The minimum absolute atomic E-state index is 0.340. The number of carbonyl (C=O) groups excluding carboxylic acids is 1. The largest absolute Gasteiger partial charge is 0.357 e. The highest BCUT2D eigenvalue weighted by molar-refractivity contribution is 6.00. The van der Waals surface area contributed by atoms with Gasteiger partial charge in [0.25, 0.3) is 5.91 Å². The minimum Gasteiger partial charge on any atom is -0.357 e. The molecular weight excluding hydrogens is 390 g/mol. The van der Waals surface area contributed by atoms with Crippen molar-refractivity contribution in [1.82, 2.24) is 19.9 Å². The van der Waals surface area contributed by atoms with Crippen LogP contribution in [0.5, 0.6) is 0 Å². The van der Waals surface area contributed by atoms with Crippen molar-refractivity contribution in [3.8, 4) is 6.07 Å². The molecule has 1 N–H and O–H groups in total. The van der Waals surface area contributed by atoms with Gasteiger partial charge in [-0.2, -0.15) is 10.4 Å². The van der Waals surface area contributed by atoms with Crippen molar-refractivity contribution in [2.75, 3.05) is 18.0 Å². The highest BCUT2D eigenvalue weighted by Crippen LogP contribution is 2.20. The number of hydrogen-bond acceptors (Lipinski definition) is 5. The van der Waals surface area contributed by atoms with Crippen LogP contribution in [0, 0.1) is 23.0 Å². The number of nitrogens with one attached hydrogen (secondary N) is 1. The molecule has 156 valence electrons. The fourth-order valence-corrected chi connectivity index (χ4v) is 2.95. The molecule has 0 aliphatic carbocycles. The van der Waals surface area contributed by atoms with Crippen molar-refractivity contribution in [1.29, 1.82) is 5.26 Å². The zero-order valence-corrected chi connectivity index (χ0v) is 16.8. The number of amides is 1. The number of fused-ring (bicyclic) bond motifs is 1. The lowest BCUT2D eigenvalue weighted by molar-refractivity contribution is 0.0930. The maximum Gasteiger partial charge on any atom is 0.257 e. The quantitative estimate of drug-likeness (QED) is 0.713. The highest BCUT2D eigenvalue weighted by Gasteiger charge is 2.24. The van der Waals surface area contributed by atoms with Gasteiger partial charge in [0.05, 0.1) is 12.3 Å². The molecule has 3 aromatic rings. The average molecular weight is 412 g/mol. The van der Waals surface area contributed by atoms with Crippen LogP contribution in [0.3, 0.4) is 0 Å². The van der Waals surface area contributed by atoms with Crippen LogP contribution in [0.25, 0.3) is 5.65 Å². The van der Waals surface area contributed by atoms with E-state index in [1.807, 2.05) is 12.3 Å². The monoisotopic (exact) mass is 412 g/mol. The van der Waals surface area contributed by atoms with Crippen molar-refractivity contribution in [3.05, 3.63) is 59.9 Å². The molecule has 0 saturated carbocycles. The SMILES string of the molecule is CC(C)(C#N)NC(=O)c1cnn2ccc(N3CCCC3)nc12.Fc1ccc(F)cc1. The van der Waals surface area contributed by atoms with Gasteiger partial charge in [-0.3, -0.25) is 4.79 Å². The van der Waals surface area contributed by atoms with Crippen LogP contribution in [0.2, 0.25) is 0 Å². The fraction of sp³-hybridized carbons (Fsp3) is 0.333. The second-order valence-electron chi connectivity index (χ2n) is 7.43. The number of benzene rings is 1. The third kappa shape index (κ3) is 5.08. The molecule has 1 fully saturated rings. The fourth-order valence-electron chi connectivity index (χ4n) is 2.95. The van der Waals surface area contributed by atoms with Gasteiger partial charge in [-0.05, 0) is 57.0 Å². The van der Waals surface area contributed by atoms with Gasteiger partial charge in [-0.25, -0.2) is 18.3 Å². The Kier molecular flexibility index (Phi) is 6.26. The van der Waals surface area contributed by atoms with Gasteiger partial charge in [-0.15, -0.1) is 0 Å². The Balaban J connectivity index is 0.000000269. The molecule has 4 rings (SSSR count). The van der Waals surface area contributed by atoms with E-state index in [-0.39, 0.29) is 5.91 Å². The van der Waals surface area contributed by atoms with E-state index in [0.29, 0.717) is 11.2 Å². The number of aromatic nitrogens is 3. The number of rotatable bonds is 3. The lowest BCUT2D eigenvalue weighted by atomic mass is 10.1. The lowest BCUT2D eigenvalue weighted by Crippen LogP contribution is -2.42. The first-order chi connectivity index (χ1) is 14.3. The number of hydrogen-bond donors (Lipinski definition) is 1. The second kappa shape index (κ2) is 8.86. The topological polar surface area (TPSA) is 86.3 Å². The van der Waals surface area contributed by atoms with Crippen LogP contribution in [0.4, 0.5) is 14.6 Å². The predicted molar refractivity (Wildman–Crippen MR) is 108 cm³/mol. The van der Waals surface area contributed by atoms with Gasteiger partial charge in [0.1, 0.15) is 28.6 Å². The molecule has 0 atom stereocenters. The van der Waals surface area contributed by atoms with E-state index < -0.39 is 17.2 Å². The third-order valence-electron chi connectivity index (χ3n) is 4.54. The number of nitriles is 1. The Hall–Kier alpha value is -3.54. The number of halogens is 2. The van der Waals surface area contributed by atoms with Crippen LogP contribution in [-0.4, -0.2) is 39.1 Å². The normalized spacial score (nSPS) is 13.5. The molecule has 0 radical (unpaired) electrons. The molecule has 7 nitrogen and oxygen atoms in total. The molecule has 0 unspecified atom stereocenters. The first-order valence-corrected chi connectivity index (χ1v) is 9.53. The maximum atomic E-state index is 12.4. The van der Waals surface area contributed by atoms with E-state index in [0.717, 1.165) is 56.0 Å². The van der Waals surface area contributed by atoms with E-state index in [1.165, 1.54) is 6.20 Å². The van der Waals surface area contributed by atoms with Crippen LogP contribution >= 0.6 is 0 Å². The van der Waals surface area contributed by atoms with Crippen LogP contribution < -0.4 is 10.2 Å². The van der Waals surface area contributed by atoms with Gasteiger partial charge < -0.3 is 10.2 Å². The van der Waals surface area contributed by atoms with Crippen LogP contribution in [0.15, 0.2) is 42.7 Å². The predicted octanol–water partition coefficient (Wildman–Crippen LogP) is 3.33. The molecule has 1 saturated heterocycles. The summed E-state index contributed by atoms with van der Waals surface area (Å²) in [6, 6.07) is 8.27. The summed E-state index contributed by atoms with van der Waals surface area (Å²) < 4.78 is 25.4. The molecule has 3 heterocycles. The van der Waals surface area contributed by atoms with Gasteiger partial charge in [0, 0.05) is 19.3 Å². The molecule has 9 heteroatoms. The molecule has 30 heavy (non-hydrogen) atoms. The maximum absolute atomic E-state index is 12.4. The number of nitrogens with zero attached hydrogens (tertiary/aromatic N) is 5. The Morgan fingerprint density at radius 3 is 2.30 bits per heavy atom. The van der Waals surface area contributed by atoms with Gasteiger partial charge >= 0.3 is 0 Å². The minimum atomic E-state index is -0.933. The van der Waals surface area contributed by atoms with E-state index in [1.54, 1.807) is 18.4 Å². The second-order valence-corrected chi connectivity index (χ2v) is 7.43. The van der Waals surface area contributed by atoms with Crippen molar-refractivity contribution in [3.63, 3.8) is 0 Å². The van der Waals surface area contributed by atoms with E-state index in [2.05, 4.69) is 26.4 Å². The zero-order chi connectivity index (χ0) is 21.7. The van der Waals surface area contributed by atoms with Gasteiger partial charge in [0.15, 0.2) is 5.65 Å². The first kappa shape index (κ1) is 21.2. The van der Waals surface area contributed by atoms with E-state index >= 15 is 0 Å². The summed E-state index contributed by atoms with van der Waals surface area (Å²) in [7, 11) is 0. The van der Waals surface area contributed by atoms with Gasteiger partial charge in [-0.1, -0.05) is 0 Å². The van der Waals surface area contributed by atoms with Crippen molar-refractivity contribution >= 4 is 17.4 Å². The molecule has 2 aromatic heterocycles. The standard InChI is InChI=1S/C15H18N6O.C6H4F2/c1-15(2,10-16)19-14(22)11-9-17-21-8-5-12(18-13(11)21)20-6-3-4-7-20;7-5-1-2-6(8)4-3-5/h5,8-9H,3-4,6-7H2,1-2H3,(H,19,22);1-4H. The molecule has 1 aromatic carbocycles. The Bertz CT molecular complexity index is 1040.